The minimum Gasteiger partial charge on any atom is -0.464 e. The third-order valence-electron chi connectivity index (χ3n) is 6.47. The summed E-state index contributed by atoms with van der Waals surface area (Å²) in [4.78, 5) is 44.9. The summed E-state index contributed by atoms with van der Waals surface area (Å²) in [7, 11) is 0. The molecule has 3 heterocycles. The highest BCUT2D eigenvalue weighted by atomic mass is 35.5. The number of allylic oxidation sites excluding steroid dienone is 1. The number of fused-ring (bicyclic) bond motifs is 2. The van der Waals surface area contributed by atoms with Gasteiger partial charge in [-0.25, -0.2) is 4.79 Å². The van der Waals surface area contributed by atoms with Crippen LogP contribution in [0, 0.1) is 11.8 Å². The molecule has 8 heteroatoms. The normalized spacial score (nSPS) is 19.5. The minimum absolute atomic E-state index is 0.0320. The molecule has 5 rings (SSSR count). The molecule has 0 N–H and O–H groups in total. The van der Waals surface area contributed by atoms with Crippen molar-refractivity contribution in [3.63, 3.8) is 0 Å². The molecule has 1 amide bonds. The fourth-order valence-electron chi connectivity index (χ4n) is 4.57. The number of hydrogen-bond donors (Lipinski definition) is 0. The molecule has 1 saturated heterocycles. The Morgan fingerprint density at radius 1 is 1.17 bits per heavy atom. The molecule has 0 bridgehead atoms. The van der Waals surface area contributed by atoms with E-state index >= 15 is 0 Å². The van der Waals surface area contributed by atoms with Gasteiger partial charge in [-0.2, -0.15) is 0 Å². The molecule has 7 nitrogen and oxygen atoms in total. The van der Waals surface area contributed by atoms with Crippen molar-refractivity contribution in [1.29, 1.82) is 0 Å². The average molecular weight is 491 g/mol. The van der Waals surface area contributed by atoms with E-state index in [0.29, 0.717) is 29.2 Å². The molecule has 178 valence electrons. The van der Waals surface area contributed by atoms with Gasteiger partial charge in [0.15, 0.2) is 0 Å². The molecular weight excluding hydrogens is 468 g/mol. The summed E-state index contributed by atoms with van der Waals surface area (Å²) in [5.41, 5.74) is 3.73. The third kappa shape index (κ3) is 4.51. The number of carbonyl (C=O) groups excluding carboxylic acids is 3. The highest BCUT2D eigenvalue weighted by Gasteiger charge is 2.45. The van der Waals surface area contributed by atoms with Crippen molar-refractivity contribution in [1.82, 2.24) is 9.88 Å². The number of nitrogens with zero attached hydrogens (tertiary/aromatic N) is 2. The van der Waals surface area contributed by atoms with Crippen LogP contribution in [-0.2, 0) is 36.9 Å². The zero-order chi connectivity index (χ0) is 24.5. The number of para-hydroxylation sites is 1. The van der Waals surface area contributed by atoms with Crippen molar-refractivity contribution >= 4 is 45.9 Å². The van der Waals surface area contributed by atoms with Gasteiger partial charge < -0.3 is 14.4 Å². The van der Waals surface area contributed by atoms with E-state index < -0.39 is 23.8 Å². The number of halogens is 1. The van der Waals surface area contributed by atoms with Gasteiger partial charge in [0.05, 0.1) is 29.2 Å². The fourth-order valence-corrected chi connectivity index (χ4v) is 4.69. The summed E-state index contributed by atoms with van der Waals surface area (Å²) in [6, 6.07) is 16.7. The highest BCUT2D eigenvalue weighted by Crippen LogP contribution is 2.31. The third-order valence-corrected chi connectivity index (χ3v) is 6.73. The number of pyridine rings is 1. The van der Waals surface area contributed by atoms with Gasteiger partial charge in [0.2, 0.25) is 5.91 Å². The molecule has 0 radical (unpaired) electrons. The van der Waals surface area contributed by atoms with Crippen molar-refractivity contribution in [2.45, 2.75) is 20.0 Å². The van der Waals surface area contributed by atoms with Crippen molar-refractivity contribution in [3.8, 4) is 0 Å². The molecule has 3 aromatic rings. The second-order valence-electron chi connectivity index (χ2n) is 8.63. The quantitative estimate of drug-likeness (QED) is 0.394. The van der Waals surface area contributed by atoms with Crippen LogP contribution in [0.25, 0.3) is 16.5 Å². The van der Waals surface area contributed by atoms with Crippen LogP contribution in [0.5, 0.6) is 0 Å². The van der Waals surface area contributed by atoms with Crippen LogP contribution in [0.3, 0.4) is 0 Å². The number of hydrogen-bond acceptors (Lipinski definition) is 6. The first-order valence-corrected chi connectivity index (χ1v) is 11.7. The van der Waals surface area contributed by atoms with E-state index in [1.165, 1.54) is 0 Å². The molecule has 0 spiro atoms. The molecule has 1 fully saturated rings. The van der Waals surface area contributed by atoms with E-state index in [2.05, 4.69) is 6.07 Å². The summed E-state index contributed by atoms with van der Waals surface area (Å²) >= 11 is 5.93. The van der Waals surface area contributed by atoms with E-state index in [9.17, 15) is 14.4 Å². The second-order valence-corrected chi connectivity index (χ2v) is 9.07. The lowest BCUT2D eigenvalue weighted by Crippen LogP contribution is -2.38. The molecule has 2 atom stereocenters. The first-order valence-electron chi connectivity index (χ1n) is 11.4. The Morgan fingerprint density at radius 2 is 1.94 bits per heavy atom. The molecule has 2 aromatic carbocycles. The molecule has 0 aliphatic carbocycles. The van der Waals surface area contributed by atoms with Crippen molar-refractivity contribution in [3.05, 3.63) is 82.5 Å². The first kappa shape index (κ1) is 23.1. The monoisotopic (exact) mass is 490 g/mol. The number of rotatable bonds is 5. The van der Waals surface area contributed by atoms with Crippen LogP contribution in [0.2, 0.25) is 5.02 Å². The van der Waals surface area contributed by atoms with Crippen molar-refractivity contribution in [2.24, 2.45) is 11.8 Å². The van der Waals surface area contributed by atoms with Crippen LogP contribution < -0.4 is 0 Å². The average Bonchev–Trinajstić information content (AvgIpc) is 3.45. The number of esters is 2. The largest absolute Gasteiger partial charge is 0.464 e. The number of ether oxygens (including phenoxy) is 2. The first-order chi connectivity index (χ1) is 16.9. The van der Waals surface area contributed by atoms with Gasteiger partial charge in [-0.3, -0.25) is 14.6 Å². The molecular formula is C27H23ClN2O5. The van der Waals surface area contributed by atoms with E-state index in [1.807, 2.05) is 24.3 Å². The lowest BCUT2D eigenvalue weighted by atomic mass is 9.94. The smallest absolute Gasteiger partial charge is 0.338 e. The fraction of sp³-hybridized carbons (Fsp3) is 0.259. The Hall–Kier alpha value is -3.71. The van der Waals surface area contributed by atoms with Crippen LogP contribution in [0.4, 0.5) is 0 Å². The van der Waals surface area contributed by atoms with Gasteiger partial charge in [0.1, 0.15) is 19.1 Å². The minimum atomic E-state index is -0.856. The highest BCUT2D eigenvalue weighted by molar-refractivity contribution is 6.30. The maximum atomic E-state index is 13.4. The molecule has 0 unspecified atom stereocenters. The van der Waals surface area contributed by atoms with Crippen LogP contribution >= 0.6 is 11.6 Å². The lowest BCUT2D eigenvalue weighted by molar-refractivity contribution is -0.148. The maximum Gasteiger partial charge on any atom is 0.338 e. The van der Waals surface area contributed by atoms with E-state index in [0.717, 1.165) is 22.2 Å². The van der Waals surface area contributed by atoms with Crippen molar-refractivity contribution in [2.75, 3.05) is 13.2 Å². The molecule has 35 heavy (non-hydrogen) atoms. The maximum absolute atomic E-state index is 13.4. The van der Waals surface area contributed by atoms with Gasteiger partial charge in [0, 0.05) is 17.0 Å². The predicted octanol–water partition coefficient (Wildman–Crippen LogP) is 4.17. The summed E-state index contributed by atoms with van der Waals surface area (Å²) < 4.78 is 10.7. The predicted molar refractivity (Wildman–Crippen MR) is 130 cm³/mol. The van der Waals surface area contributed by atoms with Gasteiger partial charge in [0.25, 0.3) is 0 Å². The number of aromatic nitrogens is 1. The number of cyclic esters (lactones) is 1. The zero-order valence-corrected chi connectivity index (χ0v) is 19.8. The second kappa shape index (κ2) is 9.50. The Balaban J connectivity index is 1.26. The summed E-state index contributed by atoms with van der Waals surface area (Å²) in [6.07, 6.45) is 1.64. The summed E-state index contributed by atoms with van der Waals surface area (Å²) in [5, 5.41) is 1.57. The Labute approximate surface area is 207 Å². The molecule has 2 aliphatic heterocycles. The van der Waals surface area contributed by atoms with Crippen molar-refractivity contribution < 1.29 is 23.9 Å². The Bertz CT molecular complexity index is 1310. The molecule has 2 aliphatic rings. The van der Waals surface area contributed by atoms with Gasteiger partial charge >= 0.3 is 11.9 Å². The van der Waals surface area contributed by atoms with Crippen LogP contribution in [0.1, 0.15) is 23.7 Å². The Kier molecular flexibility index (Phi) is 6.26. The van der Waals surface area contributed by atoms with E-state index in [1.54, 1.807) is 42.2 Å². The summed E-state index contributed by atoms with van der Waals surface area (Å²) in [5.74, 6) is -2.90. The SMILES string of the molecule is C/C=C(/C(=O)OC[C@@H]1C(=O)OC[C@@H]1C(=O)N1Cc2cc3ccccc3nc2C1)c1ccc(Cl)cc1. The zero-order valence-electron chi connectivity index (χ0n) is 19.1. The lowest BCUT2D eigenvalue weighted by Gasteiger charge is -2.21. The van der Waals surface area contributed by atoms with Gasteiger partial charge in [-0.1, -0.05) is 48.0 Å². The van der Waals surface area contributed by atoms with Crippen LogP contribution in [0.15, 0.2) is 60.7 Å². The Morgan fingerprint density at radius 3 is 2.71 bits per heavy atom. The molecule has 1 aromatic heterocycles. The van der Waals surface area contributed by atoms with Crippen LogP contribution in [-0.4, -0.2) is 40.9 Å². The number of carbonyl (C=O) groups is 3. The number of amides is 1. The standard InChI is InChI=1S/C27H23ClN2O5/c1-2-20(16-7-9-19(28)10-8-16)26(32)35-15-22-21(14-34-27(22)33)25(31)30-12-18-11-17-5-3-4-6-23(17)29-24(18)13-30/h2-11,21-22H,12-15H2,1H3/b20-2+/t21-,22-/m0/s1. The van der Waals surface area contributed by atoms with Gasteiger partial charge in [-0.15, -0.1) is 0 Å². The van der Waals surface area contributed by atoms with Gasteiger partial charge in [-0.05, 0) is 42.3 Å². The number of benzene rings is 2. The molecule has 0 saturated carbocycles. The topological polar surface area (TPSA) is 85.8 Å². The summed E-state index contributed by atoms with van der Waals surface area (Å²) in [6.45, 7) is 2.25. The van der Waals surface area contributed by atoms with E-state index in [4.69, 9.17) is 26.1 Å². The van der Waals surface area contributed by atoms with E-state index in [-0.39, 0.29) is 19.1 Å².